The van der Waals surface area contributed by atoms with Crippen molar-refractivity contribution in [1.82, 2.24) is 5.32 Å². The number of hydrogen-bond acceptors (Lipinski definition) is 4. The predicted octanol–water partition coefficient (Wildman–Crippen LogP) is 0.502. The van der Waals surface area contributed by atoms with Gasteiger partial charge in [0.25, 0.3) is 5.91 Å². The lowest BCUT2D eigenvalue weighted by Gasteiger charge is -2.22. The van der Waals surface area contributed by atoms with Gasteiger partial charge in [-0.05, 0) is 31.0 Å². The molecule has 6 N–H and O–H groups in total. The summed E-state index contributed by atoms with van der Waals surface area (Å²) in [6, 6.07) is 6.59. The number of amides is 3. The third-order valence-corrected chi connectivity index (χ3v) is 3.99. The summed E-state index contributed by atoms with van der Waals surface area (Å²) >= 11 is 0. The quantitative estimate of drug-likeness (QED) is 0.609. The fourth-order valence-corrected chi connectivity index (χ4v) is 2.63. The zero-order valence-electron chi connectivity index (χ0n) is 12.9. The Labute approximate surface area is 134 Å². The molecule has 1 aliphatic carbocycles. The first-order valence-electron chi connectivity index (χ1n) is 7.68. The minimum atomic E-state index is -0.820. The fourth-order valence-electron chi connectivity index (χ4n) is 2.63. The Morgan fingerprint density at radius 3 is 2.52 bits per heavy atom. The maximum absolute atomic E-state index is 12.3. The zero-order chi connectivity index (χ0) is 16.9. The van der Waals surface area contributed by atoms with Crippen LogP contribution in [-0.4, -0.2) is 29.8 Å². The smallest absolute Gasteiger partial charge is 0.251 e. The lowest BCUT2D eigenvalue weighted by Crippen LogP contribution is -2.48. The third kappa shape index (κ3) is 4.53. The van der Waals surface area contributed by atoms with Gasteiger partial charge in [-0.1, -0.05) is 18.9 Å². The van der Waals surface area contributed by atoms with Crippen molar-refractivity contribution >= 4 is 23.4 Å². The van der Waals surface area contributed by atoms with E-state index < -0.39 is 11.4 Å². The second-order valence-corrected chi connectivity index (χ2v) is 5.87. The summed E-state index contributed by atoms with van der Waals surface area (Å²) in [5.74, 6) is -1.02. The van der Waals surface area contributed by atoms with Crippen molar-refractivity contribution in [2.45, 2.75) is 37.6 Å². The van der Waals surface area contributed by atoms with E-state index in [1.807, 2.05) is 0 Å². The van der Waals surface area contributed by atoms with Crippen LogP contribution in [0, 0.1) is 0 Å². The third-order valence-electron chi connectivity index (χ3n) is 3.99. The number of primary amides is 1. The van der Waals surface area contributed by atoms with Gasteiger partial charge in [-0.3, -0.25) is 14.4 Å². The molecule has 1 saturated carbocycles. The largest absolute Gasteiger partial charge is 0.370 e. The monoisotopic (exact) mass is 318 g/mol. The standard InChI is InChI=1S/C16H22N4O3/c17-13(21)6-9-19-14(22)11-4-3-5-12(10-11)20-15(23)16(18)7-1-2-8-16/h3-5,10H,1-2,6-9,18H2,(H2,17,21)(H,19,22)(H,20,23). The summed E-state index contributed by atoms with van der Waals surface area (Å²) in [6.45, 7) is 0.177. The van der Waals surface area contributed by atoms with Gasteiger partial charge < -0.3 is 22.1 Å². The molecule has 1 aromatic rings. The van der Waals surface area contributed by atoms with Gasteiger partial charge in [0, 0.05) is 24.2 Å². The van der Waals surface area contributed by atoms with E-state index in [-0.39, 0.29) is 24.8 Å². The molecule has 0 unspecified atom stereocenters. The number of anilines is 1. The van der Waals surface area contributed by atoms with Crippen molar-refractivity contribution < 1.29 is 14.4 Å². The highest BCUT2D eigenvalue weighted by molar-refractivity contribution is 6.00. The molecule has 3 amide bonds. The van der Waals surface area contributed by atoms with Crippen LogP contribution in [0.2, 0.25) is 0 Å². The van der Waals surface area contributed by atoms with Gasteiger partial charge in [0.1, 0.15) is 0 Å². The van der Waals surface area contributed by atoms with Crippen LogP contribution in [0.25, 0.3) is 0 Å². The van der Waals surface area contributed by atoms with Crippen LogP contribution in [0.5, 0.6) is 0 Å². The van der Waals surface area contributed by atoms with Gasteiger partial charge in [-0.15, -0.1) is 0 Å². The fraction of sp³-hybridized carbons (Fsp3) is 0.438. The molecule has 1 aromatic carbocycles. The van der Waals surface area contributed by atoms with Gasteiger partial charge in [0.15, 0.2) is 0 Å². The number of carbonyl (C=O) groups excluding carboxylic acids is 3. The van der Waals surface area contributed by atoms with Gasteiger partial charge in [-0.2, -0.15) is 0 Å². The molecule has 0 saturated heterocycles. The first kappa shape index (κ1) is 17.0. The molecule has 0 bridgehead atoms. The molecule has 2 rings (SSSR count). The Morgan fingerprint density at radius 1 is 1.17 bits per heavy atom. The predicted molar refractivity (Wildman–Crippen MR) is 86.6 cm³/mol. The van der Waals surface area contributed by atoms with Crippen LogP contribution in [0.4, 0.5) is 5.69 Å². The minimum Gasteiger partial charge on any atom is -0.370 e. The molecule has 23 heavy (non-hydrogen) atoms. The molecule has 7 nitrogen and oxygen atoms in total. The van der Waals surface area contributed by atoms with E-state index >= 15 is 0 Å². The molecular formula is C16H22N4O3. The number of carbonyl (C=O) groups is 3. The molecule has 0 aromatic heterocycles. The van der Waals surface area contributed by atoms with Crippen molar-refractivity contribution in [2.75, 3.05) is 11.9 Å². The summed E-state index contributed by atoms with van der Waals surface area (Å²) in [6.07, 6.45) is 3.33. The lowest BCUT2D eigenvalue weighted by molar-refractivity contribution is -0.121. The normalized spacial score (nSPS) is 15.9. The summed E-state index contributed by atoms with van der Waals surface area (Å²) in [5, 5.41) is 5.37. The molecule has 0 aliphatic heterocycles. The second kappa shape index (κ2) is 7.23. The number of benzene rings is 1. The average molecular weight is 318 g/mol. The lowest BCUT2D eigenvalue weighted by atomic mass is 9.98. The molecule has 1 aliphatic rings. The molecule has 0 atom stereocenters. The Morgan fingerprint density at radius 2 is 1.87 bits per heavy atom. The highest BCUT2D eigenvalue weighted by Gasteiger charge is 2.36. The maximum Gasteiger partial charge on any atom is 0.251 e. The molecule has 1 fully saturated rings. The summed E-state index contributed by atoms with van der Waals surface area (Å²) in [7, 11) is 0. The van der Waals surface area contributed by atoms with E-state index in [0.717, 1.165) is 12.8 Å². The van der Waals surface area contributed by atoms with Crippen LogP contribution in [0.15, 0.2) is 24.3 Å². The number of rotatable bonds is 6. The van der Waals surface area contributed by atoms with Crippen molar-refractivity contribution in [3.8, 4) is 0 Å². The molecule has 0 radical (unpaired) electrons. The molecule has 7 heteroatoms. The Kier molecular flexibility index (Phi) is 5.33. The highest BCUT2D eigenvalue weighted by Crippen LogP contribution is 2.28. The molecule has 0 spiro atoms. The maximum atomic E-state index is 12.3. The molecule has 0 heterocycles. The van der Waals surface area contributed by atoms with E-state index in [4.69, 9.17) is 11.5 Å². The summed E-state index contributed by atoms with van der Waals surface area (Å²) in [5.41, 5.74) is 11.2. The summed E-state index contributed by atoms with van der Waals surface area (Å²) in [4.78, 5) is 34.9. The van der Waals surface area contributed by atoms with E-state index in [1.54, 1.807) is 24.3 Å². The Bertz CT molecular complexity index is 609. The minimum absolute atomic E-state index is 0.0812. The van der Waals surface area contributed by atoms with E-state index in [0.29, 0.717) is 24.1 Å². The van der Waals surface area contributed by atoms with E-state index in [9.17, 15) is 14.4 Å². The first-order valence-corrected chi connectivity index (χ1v) is 7.68. The van der Waals surface area contributed by atoms with Crippen molar-refractivity contribution in [2.24, 2.45) is 11.5 Å². The van der Waals surface area contributed by atoms with Crippen LogP contribution < -0.4 is 22.1 Å². The number of nitrogens with two attached hydrogens (primary N) is 2. The molecular weight excluding hydrogens is 296 g/mol. The van der Waals surface area contributed by atoms with Crippen molar-refractivity contribution in [3.63, 3.8) is 0 Å². The Balaban J connectivity index is 1.97. The van der Waals surface area contributed by atoms with E-state index in [1.165, 1.54) is 0 Å². The molecule has 124 valence electrons. The topological polar surface area (TPSA) is 127 Å². The van der Waals surface area contributed by atoms with Crippen LogP contribution in [-0.2, 0) is 9.59 Å². The Hall–Kier alpha value is -2.41. The first-order chi connectivity index (χ1) is 10.9. The SMILES string of the molecule is NC(=O)CCNC(=O)c1cccc(NC(=O)C2(N)CCCC2)c1. The van der Waals surface area contributed by atoms with Crippen molar-refractivity contribution in [1.29, 1.82) is 0 Å². The van der Waals surface area contributed by atoms with Gasteiger partial charge in [0.2, 0.25) is 11.8 Å². The highest BCUT2D eigenvalue weighted by atomic mass is 16.2. The number of nitrogens with one attached hydrogen (secondary N) is 2. The van der Waals surface area contributed by atoms with Crippen molar-refractivity contribution in [3.05, 3.63) is 29.8 Å². The van der Waals surface area contributed by atoms with Crippen LogP contribution in [0.1, 0.15) is 42.5 Å². The van der Waals surface area contributed by atoms with E-state index in [2.05, 4.69) is 10.6 Å². The van der Waals surface area contributed by atoms with Crippen LogP contribution >= 0.6 is 0 Å². The van der Waals surface area contributed by atoms with Gasteiger partial charge in [-0.25, -0.2) is 0 Å². The number of hydrogen-bond donors (Lipinski definition) is 4. The second-order valence-electron chi connectivity index (χ2n) is 5.87. The van der Waals surface area contributed by atoms with Crippen LogP contribution in [0.3, 0.4) is 0 Å². The van der Waals surface area contributed by atoms with Gasteiger partial charge in [0.05, 0.1) is 5.54 Å². The summed E-state index contributed by atoms with van der Waals surface area (Å²) < 4.78 is 0. The zero-order valence-corrected chi connectivity index (χ0v) is 12.9. The van der Waals surface area contributed by atoms with Gasteiger partial charge >= 0.3 is 0 Å². The average Bonchev–Trinajstić information content (AvgIpc) is 2.95.